The molecule has 0 radical (unpaired) electrons. The van der Waals surface area contributed by atoms with Gasteiger partial charge in [0.05, 0.1) is 0 Å². The van der Waals surface area contributed by atoms with Gasteiger partial charge in [-0.3, -0.25) is 0 Å². The van der Waals surface area contributed by atoms with E-state index in [1.807, 2.05) is 32.9 Å². The summed E-state index contributed by atoms with van der Waals surface area (Å²) in [5.74, 6) is 0.405. The van der Waals surface area contributed by atoms with Crippen molar-refractivity contribution < 1.29 is 5.11 Å². The second kappa shape index (κ2) is 5.04. The van der Waals surface area contributed by atoms with Gasteiger partial charge in [0.1, 0.15) is 5.75 Å². The van der Waals surface area contributed by atoms with Crippen molar-refractivity contribution in [2.75, 3.05) is 0 Å². The molecule has 1 aromatic carbocycles. The van der Waals surface area contributed by atoms with E-state index in [-0.39, 0.29) is 5.41 Å². The minimum atomic E-state index is 0.0256. The number of benzene rings is 1. The molecule has 0 spiro atoms. The van der Waals surface area contributed by atoms with Crippen LogP contribution < -0.4 is 0 Å². The van der Waals surface area contributed by atoms with Gasteiger partial charge in [0.25, 0.3) is 0 Å². The van der Waals surface area contributed by atoms with Gasteiger partial charge in [0.15, 0.2) is 0 Å². The second-order valence-electron chi connectivity index (χ2n) is 4.27. The third kappa shape index (κ3) is 3.41. The van der Waals surface area contributed by atoms with Gasteiger partial charge in [-0.15, -0.1) is 0 Å². The van der Waals surface area contributed by atoms with E-state index in [0.29, 0.717) is 5.75 Å². The molecule has 1 N–H and O–H groups in total. The van der Waals surface area contributed by atoms with Gasteiger partial charge in [0, 0.05) is 0 Å². The lowest BCUT2D eigenvalue weighted by Crippen LogP contribution is -2.11. The van der Waals surface area contributed by atoms with Crippen molar-refractivity contribution in [2.24, 2.45) is 0 Å². The average Bonchev–Trinajstić information content (AvgIpc) is 2.05. The van der Waals surface area contributed by atoms with Crippen LogP contribution in [0.3, 0.4) is 0 Å². The molecule has 1 heteroatoms. The SMILES string of the molecule is CC.Cc1ccc(C(C)(C)C)c(O)c1. The van der Waals surface area contributed by atoms with Crippen LogP contribution in [-0.2, 0) is 5.41 Å². The Hall–Kier alpha value is -0.980. The Balaban J connectivity index is 0.000000791. The third-order valence-corrected chi connectivity index (χ3v) is 1.96. The van der Waals surface area contributed by atoms with Crippen LogP contribution in [0.5, 0.6) is 5.75 Å². The summed E-state index contributed by atoms with van der Waals surface area (Å²) >= 11 is 0. The van der Waals surface area contributed by atoms with Crippen LogP contribution in [0.15, 0.2) is 18.2 Å². The van der Waals surface area contributed by atoms with E-state index in [4.69, 9.17) is 0 Å². The molecule has 0 heterocycles. The fourth-order valence-corrected chi connectivity index (χ4v) is 1.28. The van der Waals surface area contributed by atoms with Crippen LogP contribution >= 0.6 is 0 Å². The highest BCUT2D eigenvalue weighted by molar-refractivity contribution is 5.39. The first-order valence-electron chi connectivity index (χ1n) is 5.21. The van der Waals surface area contributed by atoms with Crippen molar-refractivity contribution in [2.45, 2.75) is 47.0 Å². The van der Waals surface area contributed by atoms with E-state index in [9.17, 15) is 5.11 Å². The van der Waals surface area contributed by atoms with Crippen molar-refractivity contribution in [3.05, 3.63) is 29.3 Å². The maximum absolute atomic E-state index is 9.63. The maximum Gasteiger partial charge on any atom is 0.119 e. The Morgan fingerprint density at radius 2 is 1.57 bits per heavy atom. The van der Waals surface area contributed by atoms with E-state index >= 15 is 0 Å². The van der Waals surface area contributed by atoms with Crippen molar-refractivity contribution in [3.63, 3.8) is 0 Å². The van der Waals surface area contributed by atoms with Gasteiger partial charge in [-0.2, -0.15) is 0 Å². The molecule has 1 aromatic rings. The summed E-state index contributed by atoms with van der Waals surface area (Å²) in [6, 6.07) is 5.82. The first-order chi connectivity index (χ1) is 6.41. The Bertz CT molecular complexity index is 282. The molecular weight excluding hydrogens is 172 g/mol. The first kappa shape index (κ1) is 13.0. The standard InChI is InChI=1S/C11H16O.C2H6/c1-8-5-6-9(10(12)7-8)11(2,3)4;1-2/h5-7,12H,1-4H3;1-2H3. The number of hydrogen-bond donors (Lipinski definition) is 1. The number of aryl methyl sites for hydroxylation is 1. The molecule has 0 aliphatic rings. The summed E-state index contributed by atoms with van der Waals surface area (Å²) < 4.78 is 0. The van der Waals surface area contributed by atoms with Crippen LogP contribution in [0.2, 0.25) is 0 Å². The molecule has 0 bridgehead atoms. The largest absolute Gasteiger partial charge is 0.508 e. The quantitative estimate of drug-likeness (QED) is 0.661. The van der Waals surface area contributed by atoms with Gasteiger partial charge in [-0.05, 0) is 29.5 Å². The Morgan fingerprint density at radius 1 is 1.07 bits per heavy atom. The predicted octanol–water partition coefficient (Wildman–Crippen LogP) is 4.02. The summed E-state index contributed by atoms with van der Waals surface area (Å²) in [5.41, 5.74) is 2.13. The fourth-order valence-electron chi connectivity index (χ4n) is 1.28. The maximum atomic E-state index is 9.63. The molecule has 0 saturated carbocycles. The topological polar surface area (TPSA) is 20.2 Å². The zero-order valence-corrected chi connectivity index (χ0v) is 10.2. The van der Waals surface area contributed by atoms with Gasteiger partial charge >= 0.3 is 0 Å². The zero-order chi connectivity index (χ0) is 11.4. The molecule has 0 amide bonds. The van der Waals surface area contributed by atoms with Crippen molar-refractivity contribution in [1.29, 1.82) is 0 Å². The summed E-state index contributed by atoms with van der Waals surface area (Å²) in [6.45, 7) is 12.3. The van der Waals surface area contributed by atoms with E-state index in [1.54, 1.807) is 6.07 Å². The molecule has 14 heavy (non-hydrogen) atoms. The molecule has 0 aliphatic carbocycles. The molecule has 0 aromatic heterocycles. The lowest BCUT2D eigenvalue weighted by atomic mass is 9.86. The van der Waals surface area contributed by atoms with Crippen molar-refractivity contribution >= 4 is 0 Å². The zero-order valence-electron chi connectivity index (χ0n) is 10.2. The minimum Gasteiger partial charge on any atom is -0.508 e. The summed E-state index contributed by atoms with van der Waals surface area (Å²) in [7, 11) is 0. The molecule has 1 nitrogen and oxygen atoms in total. The van der Waals surface area contributed by atoms with Crippen LogP contribution in [-0.4, -0.2) is 5.11 Å². The van der Waals surface area contributed by atoms with Crippen molar-refractivity contribution in [1.82, 2.24) is 0 Å². The Labute approximate surface area is 87.8 Å². The minimum absolute atomic E-state index is 0.0256. The number of phenolic OH excluding ortho intramolecular Hbond substituents is 1. The Kier molecular flexibility index (Phi) is 4.69. The van der Waals surface area contributed by atoms with E-state index in [0.717, 1.165) is 11.1 Å². The van der Waals surface area contributed by atoms with E-state index in [2.05, 4.69) is 20.8 Å². The highest BCUT2D eigenvalue weighted by Gasteiger charge is 2.17. The lowest BCUT2D eigenvalue weighted by molar-refractivity contribution is 0.446. The van der Waals surface area contributed by atoms with E-state index < -0.39 is 0 Å². The van der Waals surface area contributed by atoms with Crippen LogP contribution in [0.25, 0.3) is 0 Å². The molecule has 0 unspecified atom stereocenters. The molecule has 0 fully saturated rings. The van der Waals surface area contributed by atoms with Gasteiger partial charge in [0.2, 0.25) is 0 Å². The highest BCUT2D eigenvalue weighted by Crippen LogP contribution is 2.30. The van der Waals surface area contributed by atoms with E-state index in [1.165, 1.54) is 0 Å². The normalized spacial score (nSPS) is 10.4. The summed E-state index contributed by atoms with van der Waals surface area (Å²) in [5, 5.41) is 9.63. The fraction of sp³-hybridized carbons (Fsp3) is 0.538. The number of phenols is 1. The smallest absolute Gasteiger partial charge is 0.119 e. The molecule has 0 aliphatic heterocycles. The molecule has 80 valence electrons. The second-order valence-corrected chi connectivity index (χ2v) is 4.27. The lowest BCUT2D eigenvalue weighted by Gasteiger charge is -2.20. The average molecular weight is 194 g/mol. The van der Waals surface area contributed by atoms with Crippen molar-refractivity contribution in [3.8, 4) is 5.75 Å². The Morgan fingerprint density at radius 3 is 1.93 bits per heavy atom. The highest BCUT2D eigenvalue weighted by atomic mass is 16.3. The number of rotatable bonds is 0. The monoisotopic (exact) mass is 194 g/mol. The molecule has 0 saturated heterocycles. The predicted molar refractivity (Wildman–Crippen MR) is 62.9 cm³/mol. The van der Waals surface area contributed by atoms with Gasteiger partial charge in [-0.1, -0.05) is 46.8 Å². The number of aromatic hydroxyl groups is 1. The van der Waals surface area contributed by atoms with Gasteiger partial charge in [-0.25, -0.2) is 0 Å². The van der Waals surface area contributed by atoms with Gasteiger partial charge < -0.3 is 5.11 Å². The molecule has 1 rings (SSSR count). The third-order valence-electron chi connectivity index (χ3n) is 1.96. The molecule has 0 atom stereocenters. The first-order valence-corrected chi connectivity index (χ1v) is 5.21. The summed E-state index contributed by atoms with van der Waals surface area (Å²) in [6.07, 6.45) is 0. The summed E-state index contributed by atoms with van der Waals surface area (Å²) in [4.78, 5) is 0. The van der Waals surface area contributed by atoms with Crippen LogP contribution in [0.4, 0.5) is 0 Å². The van der Waals surface area contributed by atoms with Crippen LogP contribution in [0, 0.1) is 6.92 Å². The molecular formula is C13H22O. The van der Waals surface area contributed by atoms with Crippen LogP contribution in [0.1, 0.15) is 45.7 Å². The number of hydrogen-bond acceptors (Lipinski definition) is 1.